The van der Waals surface area contributed by atoms with Crippen molar-refractivity contribution in [2.24, 2.45) is 0 Å². The van der Waals surface area contributed by atoms with Crippen LogP contribution in [0.4, 0.5) is 0 Å². The molecule has 1 aromatic carbocycles. The van der Waals surface area contributed by atoms with Crippen molar-refractivity contribution in [2.45, 2.75) is 18.9 Å². The standard InChI is InChI=1S/C13H16ClIN2O/c1-16-8-10-3-2-6-17(10)13(18)11-5-4-9(15)7-12(11)14/h4-5,7,10,16H,2-3,6,8H2,1H3. The molecular formula is C13H16ClIN2O. The third kappa shape index (κ3) is 2.97. The van der Waals surface area contributed by atoms with E-state index in [9.17, 15) is 4.79 Å². The summed E-state index contributed by atoms with van der Waals surface area (Å²) in [7, 11) is 1.92. The molecule has 0 aromatic heterocycles. The molecule has 0 aliphatic carbocycles. The summed E-state index contributed by atoms with van der Waals surface area (Å²) in [4.78, 5) is 14.4. The summed E-state index contributed by atoms with van der Waals surface area (Å²) in [6, 6.07) is 5.86. The van der Waals surface area contributed by atoms with Crippen LogP contribution in [0.25, 0.3) is 0 Å². The molecule has 1 fully saturated rings. The fraction of sp³-hybridized carbons (Fsp3) is 0.462. The maximum Gasteiger partial charge on any atom is 0.255 e. The van der Waals surface area contributed by atoms with E-state index in [2.05, 4.69) is 27.9 Å². The minimum atomic E-state index is 0.0501. The molecule has 0 bridgehead atoms. The number of carbonyl (C=O) groups is 1. The molecule has 0 spiro atoms. The van der Waals surface area contributed by atoms with Crippen molar-refractivity contribution in [1.82, 2.24) is 10.2 Å². The van der Waals surface area contributed by atoms with Crippen molar-refractivity contribution < 1.29 is 4.79 Å². The van der Waals surface area contributed by atoms with Gasteiger partial charge in [-0.25, -0.2) is 0 Å². The highest BCUT2D eigenvalue weighted by Gasteiger charge is 2.29. The molecule has 1 heterocycles. The first kappa shape index (κ1) is 14.1. The number of amides is 1. The second kappa shape index (κ2) is 6.21. The number of hydrogen-bond acceptors (Lipinski definition) is 2. The molecule has 1 amide bonds. The van der Waals surface area contributed by atoms with Gasteiger partial charge >= 0.3 is 0 Å². The van der Waals surface area contributed by atoms with Crippen molar-refractivity contribution in [3.8, 4) is 0 Å². The number of hydrogen-bond donors (Lipinski definition) is 1. The second-order valence-corrected chi connectivity index (χ2v) is 6.13. The molecule has 1 saturated heterocycles. The van der Waals surface area contributed by atoms with Crippen LogP contribution in [0.5, 0.6) is 0 Å². The molecule has 3 nitrogen and oxygen atoms in total. The van der Waals surface area contributed by atoms with Gasteiger partial charge < -0.3 is 10.2 Å². The van der Waals surface area contributed by atoms with Crippen LogP contribution in [0.1, 0.15) is 23.2 Å². The lowest BCUT2D eigenvalue weighted by molar-refractivity contribution is 0.0737. The quantitative estimate of drug-likeness (QED) is 0.820. The van der Waals surface area contributed by atoms with Crippen LogP contribution in [0.2, 0.25) is 5.02 Å². The zero-order valence-electron chi connectivity index (χ0n) is 10.2. The molecule has 5 heteroatoms. The Morgan fingerprint density at radius 1 is 1.61 bits per heavy atom. The molecule has 1 N–H and O–H groups in total. The summed E-state index contributed by atoms with van der Waals surface area (Å²) in [5.74, 6) is 0.0501. The van der Waals surface area contributed by atoms with Gasteiger partial charge in [-0.05, 0) is 60.7 Å². The lowest BCUT2D eigenvalue weighted by atomic mass is 10.1. The zero-order chi connectivity index (χ0) is 13.1. The first-order chi connectivity index (χ1) is 8.63. The number of likely N-dealkylation sites (N-methyl/N-ethyl adjacent to an activating group) is 1. The maximum atomic E-state index is 12.5. The van der Waals surface area contributed by atoms with Crippen molar-refractivity contribution in [2.75, 3.05) is 20.1 Å². The number of halogens is 2. The molecule has 0 saturated carbocycles. The van der Waals surface area contributed by atoms with E-state index in [1.807, 2.05) is 30.1 Å². The number of nitrogens with one attached hydrogen (secondary N) is 1. The Labute approximate surface area is 126 Å². The third-order valence-corrected chi connectivity index (χ3v) is 4.22. The maximum absolute atomic E-state index is 12.5. The monoisotopic (exact) mass is 378 g/mol. The normalized spacial score (nSPS) is 19.3. The smallest absolute Gasteiger partial charge is 0.255 e. The van der Waals surface area contributed by atoms with Crippen molar-refractivity contribution >= 4 is 40.1 Å². The summed E-state index contributed by atoms with van der Waals surface area (Å²) in [5, 5.41) is 3.69. The molecular weight excluding hydrogens is 363 g/mol. The summed E-state index contributed by atoms with van der Waals surface area (Å²) in [6.07, 6.45) is 2.13. The Balaban J connectivity index is 2.20. The second-order valence-electron chi connectivity index (χ2n) is 4.48. The minimum Gasteiger partial charge on any atom is -0.334 e. The predicted octanol–water partition coefficient (Wildman–Crippen LogP) is 2.77. The molecule has 2 rings (SSSR count). The largest absolute Gasteiger partial charge is 0.334 e. The van der Waals surface area contributed by atoms with Crippen LogP contribution < -0.4 is 5.32 Å². The lowest BCUT2D eigenvalue weighted by Gasteiger charge is -2.25. The van der Waals surface area contributed by atoms with Gasteiger partial charge in [-0.15, -0.1) is 0 Å². The van der Waals surface area contributed by atoms with Crippen molar-refractivity contribution in [1.29, 1.82) is 0 Å². The third-order valence-electron chi connectivity index (χ3n) is 3.24. The molecule has 1 aromatic rings. The molecule has 1 atom stereocenters. The van der Waals surface area contributed by atoms with Gasteiger partial charge in [-0.2, -0.15) is 0 Å². The topological polar surface area (TPSA) is 32.3 Å². The average Bonchev–Trinajstić information content (AvgIpc) is 2.77. The minimum absolute atomic E-state index is 0.0501. The molecule has 1 unspecified atom stereocenters. The first-order valence-electron chi connectivity index (χ1n) is 6.04. The van der Waals surface area contributed by atoms with Gasteiger partial charge in [0, 0.05) is 22.7 Å². The van der Waals surface area contributed by atoms with E-state index in [0.29, 0.717) is 10.6 Å². The molecule has 1 aliphatic heterocycles. The SMILES string of the molecule is CNCC1CCCN1C(=O)c1ccc(I)cc1Cl. The molecule has 98 valence electrons. The van der Waals surface area contributed by atoms with Crippen LogP contribution in [-0.4, -0.2) is 37.0 Å². The Hall–Kier alpha value is -0.330. The van der Waals surface area contributed by atoms with E-state index in [1.165, 1.54) is 0 Å². The first-order valence-corrected chi connectivity index (χ1v) is 7.49. The number of likely N-dealkylation sites (tertiary alicyclic amines) is 1. The van der Waals surface area contributed by atoms with E-state index >= 15 is 0 Å². The highest BCUT2D eigenvalue weighted by atomic mass is 127. The van der Waals surface area contributed by atoms with E-state index in [1.54, 1.807) is 0 Å². The Morgan fingerprint density at radius 3 is 3.06 bits per heavy atom. The van der Waals surface area contributed by atoms with E-state index in [-0.39, 0.29) is 11.9 Å². The number of carbonyl (C=O) groups excluding carboxylic acids is 1. The van der Waals surface area contributed by atoms with Gasteiger partial charge in [0.1, 0.15) is 0 Å². The molecule has 1 aliphatic rings. The number of benzene rings is 1. The van der Waals surface area contributed by atoms with E-state index in [0.717, 1.165) is 29.5 Å². The fourth-order valence-electron chi connectivity index (χ4n) is 2.37. The van der Waals surface area contributed by atoms with Crippen LogP contribution in [0.15, 0.2) is 18.2 Å². The van der Waals surface area contributed by atoms with Gasteiger partial charge in [0.2, 0.25) is 0 Å². The van der Waals surface area contributed by atoms with Crippen LogP contribution in [0.3, 0.4) is 0 Å². The van der Waals surface area contributed by atoms with Crippen LogP contribution in [-0.2, 0) is 0 Å². The van der Waals surface area contributed by atoms with E-state index in [4.69, 9.17) is 11.6 Å². The number of nitrogens with zero attached hydrogens (tertiary/aromatic N) is 1. The fourth-order valence-corrected chi connectivity index (χ4v) is 3.31. The van der Waals surface area contributed by atoms with Gasteiger partial charge in [0.05, 0.1) is 10.6 Å². The van der Waals surface area contributed by atoms with Crippen LogP contribution >= 0.6 is 34.2 Å². The Bertz CT molecular complexity index is 453. The Kier molecular flexibility index (Phi) is 4.86. The average molecular weight is 379 g/mol. The lowest BCUT2D eigenvalue weighted by Crippen LogP contribution is -2.40. The summed E-state index contributed by atoms with van der Waals surface area (Å²) >= 11 is 8.35. The summed E-state index contributed by atoms with van der Waals surface area (Å²) < 4.78 is 1.04. The highest BCUT2D eigenvalue weighted by Crippen LogP contribution is 2.25. The highest BCUT2D eigenvalue weighted by molar-refractivity contribution is 14.1. The zero-order valence-corrected chi connectivity index (χ0v) is 13.2. The van der Waals surface area contributed by atoms with Gasteiger partial charge in [-0.3, -0.25) is 4.79 Å². The number of rotatable bonds is 3. The van der Waals surface area contributed by atoms with E-state index < -0.39 is 0 Å². The molecule has 18 heavy (non-hydrogen) atoms. The Morgan fingerprint density at radius 2 is 2.39 bits per heavy atom. The summed E-state index contributed by atoms with van der Waals surface area (Å²) in [6.45, 7) is 1.67. The van der Waals surface area contributed by atoms with Crippen LogP contribution in [0, 0.1) is 3.57 Å². The molecule has 0 radical (unpaired) electrons. The van der Waals surface area contributed by atoms with Crippen molar-refractivity contribution in [3.63, 3.8) is 0 Å². The van der Waals surface area contributed by atoms with Crippen molar-refractivity contribution in [3.05, 3.63) is 32.4 Å². The van der Waals surface area contributed by atoms with Gasteiger partial charge in [0.25, 0.3) is 5.91 Å². The van der Waals surface area contributed by atoms with Gasteiger partial charge in [-0.1, -0.05) is 11.6 Å². The summed E-state index contributed by atoms with van der Waals surface area (Å²) in [5.41, 5.74) is 0.611. The van der Waals surface area contributed by atoms with Gasteiger partial charge in [0.15, 0.2) is 0 Å². The predicted molar refractivity (Wildman–Crippen MR) is 82.2 cm³/mol.